The van der Waals surface area contributed by atoms with Crippen molar-refractivity contribution >= 4 is 11.8 Å². The lowest BCUT2D eigenvalue weighted by molar-refractivity contribution is -0.265. The van der Waals surface area contributed by atoms with Crippen LogP contribution in [0, 0.1) is 0 Å². The van der Waals surface area contributed by atoms with Gasteiger partial charge in [0.1, 0.15) is 12.2 Å². The molecule has 0 aromatic heterocycles. The van der Waals surface area contributed by atoms with Gasteiger partial charge in [0.05, 0.1) is 6.04 Å². The fourth-order valence-corrected chi connectivity index (χ4v) is 3.04. The van der Waals surface area contributed by atoms with Gasteiger partial charge in [0, 0.05) is 12.8 Å². The first-order valence-electron chi connectivity index (χ1n) is 6.47. The Morgan fingerprint density at radius 3 is 2.44 bits per heavy atom. The Kier molecular flexibility index (Phi) is 3.82. The fraction of sp³-hybridized carbons (Fsp3) is 0.400. The lowest BCUT2D eigenvalue weighted by Crippen LogP contribution is -2.65. The first-order chi connectivity index (χ1) is 8.71. The van der Waals surface area contributed by atoms with Gasteiger partial charge in [-0.2, -0.15) is 0 Å². The van der Waals surface area contributed by atoms with Crippen molar-refractivity contribution in [1.29, 1.82) is 0 Å². The van der Waals surface area contributed by atoms with Crippen molar-refractivity contribution in [2.45, 2.75) is 31.7 Å². The molecule has 1 unspecified atom stereocenters. The number of hydrogen-bond acceptors (Lipinski definition) is 2. The Labute approximate surface area is 108 Å². The van der Waals surface area contributed by atoms with Gasteiger partial charge in [-0.1, -0.05) is 24.8 Å². The summed E-state index contributed by atoms with van der Waals surface area (Å²) in [6.45, 7) is 4.10. The van der Waals surface area contributed by atoms with Crippen molar-refractivity contribution in [3.8, 4) is 0 Å². The van der Waals surface area contributed by atoms with Crippen LogP contribution in [0.5, 0.6) is 0 Å². The highest BCUT2D eigenvalue weighted by Gasteiger charge is 2.42. The third kappa shape index (κ3) is 2.06. The predicted molar refractivity (Wildman–Crippen MR) is 71.0 cm³/mol. The molecule has 0 aliphatic heterocycles. The molecule has 3 heteroatoms. The second-order valence-electron chi connectivity index (χ2n) is 4.88. The second kappa shape index (κ2) is 5.36. The molecule has 0 heterocycles. The molecule has 2 rings (SSSR count). The highest BCUT2D eigenvalue weighted by Crippen LogP contribution is 2.35. The summed E-state index contributed by atoms with van der Waals surface area (Å²) in [6, 6.07) is 9.51. The first-order valence-corrected chi connectivity index (χ1v) is 6.47. The largest absolute Gasteiger partial charge is 0.498 e. The lowest BCUT2D eigenvalue weighted by Gasteiger charge is -2.41. The molecule has 3 nitrogen and oxygen atoms in total. The van der Waals surface area contributed by atoms with E-state index in [0.29, 0.717) is 6.54 Å². The molecule has 1 aliphatic rings. The van der Waals surface area contributed by atoms with Crippen molar-refractivity contribution in [1.82, 2.24) is 4.48 Å². The smallest absolute Gasteiger partial charge is 0.263 e. The number of carbonyl (C=O) groups excluding carboxylic acids is 1. The zero-order valence-corrected chi connectivity index (χ0v) is 10.5. The quantitative estimate of drug-likeness (QED) is 0.604. The van der Waals surface area contributed by atoms with Crippen LogP contribution >= 0.6 is 0 Å². The van der Waals surface area contributed by atoms with Crippen molar-refractivity contribution in [3.05, 3.63) is 43.0 Å². The Balaban J connectivity index is 2.49. The van der Waals surface area contributed by atoms with Gasteiger partial charge < -0.3 is 9.90 Å². The average molecular weight is 245 g/mol. The monoisotopic (exact) mass is 245 g/mol. The maximum Gasteiger partial charge on any atom is 0.263 e. The molecule has 0 radical (unpaired) electrons. The zero-order valence-electron chi connectivity index (χ0n) is 10.5. The van der Waals surface area contributed by atoms with E-state index < -0.39 is 6.09 Å². The predicted octanol–water partition coefficient (Wildman–Crippen LogP) is 2.47. The molecule has 0 spiro atoms. The van der Waals surface area contributed by atoms with Gasteiger partial charge in [0.15, 0.2) is 0 Å². The van der Waals surface area contributed by atoms with E-state index in [-0.39, 0.29) is 10.5 Å². The normalized spacial score (nSPS) is 19.3. The number of para-hydroxylation sites is 1. The Morgan fingerprint density at radius 2 is 1.94 bits per heavy atom. The molecule has 96 valence electrons. The lowest BCUT2D eigenvalue weighted by atomic mass is 10.1. The maximum absolute atomic E-state index is 11.8. The summed E-state index contributed by atoms with van der Waals surface area (Å²) in [5.41, 5.74) is 0.796. The van der Waals surface area contributed by atoms with E-state index >= 15 is 0 Å². The Hall–Kier alpha value is -1.61. The van der Waals surface area contributed by atoms with Gasteiger partial charge >= 0.3 is 0 Å². The molecule has 0 N–H and O–H groups in total. The maximum atomic E-state index is 11.8. The van der Waals surface area contributed by atoms with Gasteiger partial charge in [-0.15, -0.1) is 0 Å². The number of nitrogens with zero attached hydrogens (tertiary/aromatic N) is 1. The Bertz CT molecular complexity index is 423. The van der Waals surface area contributed by atoms with Gasteiger partial charge in [-0.05, 0) is 31.1 Å². The summed E-state index contributed by atoms with van der Waals surface area (Å²) in [6.07, 6.45) is 4.74. The van der Waals surface area contributed by atoms with Crippen LogP contribution in [0.15, 0.2) is 43.0 Å². The van der Waals surface area contributed by atoms with E-state index in [2.05, 4.69) is 6.58 Å². The SMILES string of the molecule is C=CC[N+](C(=O)[O-])(c1ccccc1)C1CCCC1. The standard InChI is InChI=1S/C15H19NO2/c1-2-12-16(15(17)18,14-10-6-7-11-14)13-8-4-3-5-9-13/h2-5,8-9,14H,1,6-7,10-12H2. The molecule has 0 saturated heterocycles. The van der Waals surface area contributed by atoms with E-state index in [0.717, 1.165) is 31.4 Å². The molecule has 1 aromatic rings. The van der Waals surface area contributed by atoms with E-state index in [1.165, 1.54) is 0 Å². The van der Waals surface area contributed by atoms with Crippen LogP contribution in [0.3, 0.4) is 0 Å². The minimum atomic E-state index is -1.02. The van der Waals surface area contributed by atoms with E-state index in [4.69, 9.17) is 0 Å². The number of benzene rings is 1. The van der Waals surface area contributed by atoms with Crippen LogP contribution in [0.1, 0.15) is 25.7 Å². The van der Waals surface area contributed by atoms with E-state index in [1.807, 2.05) is 30.3 Å². The summed E-state index contributed by atoms with van der Waals surface area (Å²) >= 11 is 0. The molecule has 1 aliphatic carbocycles. The zero-order chi connectivity index (χ0) is 13.0. The van der Waals surface area contributed by atoms with Crippen LogP contribution in [0.2, 0.25) is 0 Å². The van der Waals surface area contributed by atoms with E-state index in [9.17, 15) is 9.90 Å². The van der Waals surface area contributed by atoms with Crippen LogP contribution in [-0.2, 0) is 0 Å². The summed E-state index contributed by atoms with van der Waals surface area (Å²) in [4.78, 5) is 11.8. The summed E-state index contributed by atoms with van der Waals surface area (Å²) < 4.78 is -0.107. The summed E-state index contributed by atoms with van der Waals surface area (Å²) in [7, 11) is 0. The number of rotatable bonds is 4. The number of quaternary nitrogens is 1. The molecular weight excluding hydrogens is 226 g/mol. The molecule has 1 atom stereocenters. The molecule has 18 heavy (non-hydrogen) atoms. The third-order valence-electron chi connectivity index (χ3n) is 3.91. The summed E-state index contributed by atoms with van der Waals surface area (Å²) in [5, 5.41) is 11.8. The van der Waals surface area contributed by atoms with Gasteiger partial charge in [-0.3, -0.25) is 0 Å². The van der Waals surface area contributed by atoms with Crippen molar-refractivity contribution < 1.29 is 9.90 Å². The van der Waals surface area contributed by atoms with Crippen molar-refractivity contribution in [3.63, 3.8) is 0 Å². The average Bonchev–Trinajstić information content (AvgIpc) is 2.90. The molecule has 1 amide bonds. The number of amides is 1. The topological polar surface area (TPSA) is 40.1 Å². The highest BCUT2D eigenvalue weighted by molar-refractivity contribution is 5.80. The van der Waals surface area contributed by atoms with Crippen LogP contribution < -0.4 is 9.59 Å². The number of carboxylic acid groups (broad SMARTS) is 1. The van der Waals surface area contributed by atoms with Crippen LogP contribution in [-0.4, -0.2) is 18.7 Å². The van der Waals surface area contributed by atoms with E-state index in [1.54, 1.807) is 6.08 Å². The van der Waals surface area contributed by atoms with Crippen LogP contribution in [0.25, 0.3) is 0 Å². The number of carbonyl (C=O) groups is 1. The fourth-order valence-electron chi connectivity index (χ4n) is 3.04. The molecule has 0 bridgehead atoms. The van der Waals surface area contributed by atoms with Gasteiger partial charge in [0.25, 0.3) is 6.09 Å². The van der Waals surface area contributed by atoms with Crippen LogP contribution in [0.4, 0.5) is 10.5 Å². The van der Waals surface area contributed by atoms with Gasteiger partial charge in [0.2, 0.25) is 0 Å². The Morgan fingerprint density at radius 1 is 1.33 bits per heavy atom. The van der Waals surface area contributed by atoms with Crippen molar-refractivity contribution in [2.24, 2.45) is 0 Å². The summed E-state index contributed by atoms with van der Waals surface area (Å²) in [5.74, 6) is 0. The molecular formula is C15H19NO2. The van der Waals surface area contributed by atoms with Gasteiger partial charge in [-0.25, -0.2) is 4.48 Å². The molecule has 1 saturated carbocycles. The minimum Gasteiger partial charge on any atom is -0.498 e. The second-order valence-corrected chi connectivity index (χ2v) is 4.88. The number of hydrogen-bond donors (Lipinski definition) is 0. The highest BCUT2D eigenvalue weighted by atomic mass is 16.4. The first kappa shape index (κ1) is 12.8. The third-order valence-corrected chi connectivity index (χ3v) is 3.91. The van der Waals surface area contributed by atoms with Crippen molar-refractivity contribution in [2.75, 3.05) is 6.54 Å². The molecule has 1 fully saturated rings. The molecule has 1 aromatic carbocycles. The minimum absolute atomic E-state index is 0.107.